The summed E-state index contributed by atoms with van der Waals surface area (Å²) in [4.78, 5) is 9.44. The Morgan fingerprint density at radius 2 is 1.87 bits per heavy atom. The zero-order valence-corrected chi connectivity index (χ0v) is 16.5. The fourth-order valence-corrected chi connectivity index (χ4v) is 4.16. The van der Waals surface area contributed by atoms with Crippen LogP contribution in [-0.4, -0.2) is 15.8 Å². The van der Waals surface area contributed by atoms with Crippen molar-refractivity contribution in [3.05, 3.63) is 103 Å². The molecule has 31 heavy (non-hydrogen) atoms. The monoisotopic (exact) mass is 405 g/mol. The molecule has 5 aromatic rings. The van der Waals surface area contributed by atoms with Crippen LogP contribution in [0, 0.1) is 5.41 Å². The van der Waals surface area contributed by atoms with E-state index in [-0.39, 0.29) is 6.17 Å². The predicted molar refractivity (Wildman–Crippen MR) is 122 cm³/mol. The Morgan fingerprint density at radius 3 is 2.71 bits per heavy atom. The molecule has 2 aromatic carbocycles. The number of rotatable bonds is 3. The molecular formula is C25H19N5O. The van der Waals surface area contributed by atoms with Gasteiger partial charge in [0.15, 0.2) is 0 Å². The molecule has 0 amide bonds. The van der Waals surface area contributed by atoms with Crippen molar-refractivity contribution in [2.75, 3.05) is 10.2 Å². The molecule has 3 aromatic heterocycles. The van der Waals surface area contributed by atoms with Crippen LogP contribution in [-0.2, 0) is 0 Å². The topological polar surface area (TPSA) is 80.9 Å². The second kappa shape index (κ2) is 6.88. The largest absolute Gasteiger partial charge is 0.448 e. The number of amidine groups is 1. The Balaban J connectivity index is 1.44. The number of nitrogens with one attached hydrogen (secondary N) is 3. The van der Waals surface area contributed by atoms with E-state index in [2.05, 4.69) is 51.7 Å². The second-order valence-corrected chi connectivity index (χ2v) is 7.54. The smallest absolute Gasteiger partial charge is 0.205 e. The third-order valence-corrected chi connectivity index (χ3v) is 5.72. The highest BCUT2D eigenvalue weighted by Gasteiger charge is 2.33. The second-order valence-electron chi connectivity index (χ2n) is 7.54. The minimum atomic E-state index is -0.269. The van der Waals surface area contributed by atoms with Gasteiger partial charge in [-0.25, -0.2) is 0 Å². The van der Waals surface area contributed by atoms with E-state index in [4.69, 9.17) is 9.83 Å². The van der Waals surface area contributed by atoms with E-state index in [1.54, 1.807) is 12.5 Å². The van der Waals surface area contributed by atoms with Crippen LogP contribution in [0.4, 0.5) is 11.6 Å². The normalized spacial score (nSPS) is 15.7. The van der Waals surface area contributed by atoms with Crippen LogP contribution in [0.1, 0.15) is 17.3 Å². The highest BCUT2D eigenvalue weighted by Crippen LogP contribution is 2.38. The minimum absolute atomic E-state index is 0.269. The first kappa shape index (κ1) is 17.5. The fraction of sp³-hybridized carbons (Fsp3) is 0.0400. The zero-order valence-electron chi connectivity index (χ0n) is 16.5. The van der Waals surface area contributed by atoms with Crippen LogP contribution in [0.2, 0.25) is 0 Å². The van der Waals surface area contributed by atoms with Crippen molar-refractivity contribution in [2.45, 2.75) is 6.17 Å². The van der Waals surface area contributed by atoms with E-state index in [0.29, 0.717) is 11.7 Å². The van der Waals surface area contributed by atoms with Gasteiger partial charge in [-0.05, 0) is 64.5 Å². The number of aromatic amines is 1. The number of nitrogens with zero attached hydrogens (tertiary/aromatic N) is 2. The van der Waals surface area contributed by atoms with Gasteiger partial charge in [0.25, 0.3) is 0 Å². The number of hydrogen-bond donors (Lipinski definition) is 3. The summed E-state index contributed by atoms with van der Waals surface area (Å²) in [6.07, 6.45) is 6.91. The summed E-state index contributed by atoms with van der Waals surface area (Å²) in [5.41, 5.74) is 5.96. The molecule has 1 unspecified atom stereocenters. The molecule has 0 aliphatic carbocycles. The molecule has 0 saturated heterocycles. The van der Waals surface area contributed by atoms with Gasteiger partial charge in [0.2, 0.25) is 5.88 Å². The predicted octanol–water partition coefficient (Wildman–Crippen LogP) is 5.78. The quantitative estimate of drug-likeness (QED) is 0.355. The molecule has 0 spiro atoms. The fourth-order valence-electron chi connectivity index (χ4n) is 4.16. The number of aromatic nitrogens is 2. The van der Waals surface area contributed by atoms with Crippen LogP contribution in [0.15, 0.2) is 96.0 Å². The number of benzene rings is 2. The van der Waals surface area contributed by atoms with Crippen molar-refractivity contribution in [1.29, 1.82) is 5.41 Å². The maximum atomic E-state index is 8.92. The molecule has 0 radical (unpaired) electrons. The van der Waals surface area contributed by atoms with Gasteiger partial charge in [-0.2, -0.15) is 0 Å². The third-order valence-electron chi connectivity index (χ3n) is 5.72. The number of anilines is 2. The molecule has 0 bridgehead atoms. The lowest BCUT2D eigenvalue weighted by Crippen LogP contribution is -2.42. The van der Waals surface area contributed by atoms with Crippen LogP contribution < -0.4 is 10.2 Å². The van der Waals surface area contributed by atoms with E-state index >= 15 is 0 Å². The lowest BCUT2D eigenvalue weighted by Gasteiger charge is -2.38. The number of furan rings is 1. The van der Waals surface area contributed by atoms with Crippen LogP contribution in [0.25, 0.3) is 22.0 Å². The molecule has 1 aliphatic rings. The molecule has 150 valence electrons. The lowest BCUT2D eigenvalue weighted by molar-refractivity contribution is 0.564. The van der Waals surface area contributed by atoms with E-state index in [1.165, 1.54) is 0 Å². The summed E-state index contributed by atoms with van der Waals surface area (Å²) in [5, 5.41) is 13.5. The summed E-state index contributed by atoms with van der Waals surface area (Å²) in [7, 11) is 0. The first-order chi connectivity index (χ1) is 15.3. The Hall–Kier alpha value is -4.32. The van der Waals surface area contributed by atoms with Gasteiger partial charge in [0, 0.05) is 29.8 Å². The highest BCUT2D eigenvalue weighted by atomic mass is 16.3. The van der Waals surface area contributed by atoms with Crippen molar-refractivity contribution in [2.24, 2.45) is 0 Å². The van der Waals surface area contributed by atoms with Crippen molar-refractivity contribution in [1.82, 2.24) is 9.97 Å². The van der Waals surface area contributed by atoms with E-state index < -0.39 is 0 Å². The average molecular weight is 405 g/mol. The number of pyridine rings is 1. The van der Waals surface area contributed by atoms with Crippen LogP contribution >= 0.6 is 0 Å². The number of hydrogen-bond acceptors (Lipinski definition) is 4. The minimum Gasteiger partial charge on any atom is -0.448 e. The van der Waals surface area contributed by atoms with E-state index in [0.717, 1.165) is 38.8 Å². The van der Waals surface area contributed by atoms with Gasteiger partial charge in [-0.1, -0.05) is 24.3 Å². The van der Waals surface area contributed by atoms with Crippen molar-refractivity contribution in [3.63, 3.8) is 0 Å². The molecule has 6 nitrogen and oxygen atoms in total. The molecular weight excluding hydrogens is 386 g/mol. The van der Waals surface area contributed by atoms with Gasteiger partial charge in [-0.3, -0.25) is 10.4 Å². The van der Waals surface area contributed by atoms with E-state index in [1.807, 2.05) is 47.6 Å². The van der Waals surface area contributed by atoms with Gasteiger partial charge in [-0.15, -0.1) is 0 Å². The summed E-state index contributed by atoms with van der Waals surface area (Å²) in [6, 6.07) is 22.4. The van der Waals surface area contributed by atoms with Crippen LogP contribution in [0.3, 0.4) is 0 Å². The Labute approximate surface area is 178 Å². The summed E-state index contributed by atoms with van der Waals surface area (Å²) >= 11 is 0. The zero-order chi connectivity index (χ0) is 20.8. The van der Waals surface area contributed by atoms with Crippen LogP contribution in [0.5, 0.6) is 0 Å². The Morgan fingerprint density at radius 1 is 0.968 bits per heavy atom. The maximum Gasteiger partial charge on any atom is 0.205 e. The summed E-state index contributed by atoms with van der Waals surface area (Å²) < 4.78 is 5.62. The molecule has 6 heteroatoms. The average Bonchev–Trinajstić information content (AvgIpc) is 3.49. The lowest BCUT2D eigenvalue weighted by atomic mass is 10.0. The summed E-state index contributed by atoms with van der Waals surface area (Å²) in [5.74, 6) is 1.02. The Kier molecular flexibility index (Phi) is 3.89. The molecule has 0 fully saturated rings. The molecule has 1 atom stereocenters. The molecule has 3 N–H and O–H groups in total. The standard InChI is InChI=1S/C25H19N5O/c26-23-21-10-13-31-25(21)29-24(18-5-8-22-17(14-18)9-12-28-22)30(23)20-6-3-16(4-7-20)19-2-1-11-27-15-19/h1-15,24,26,28-29H. The van der Waals surface area contributed by atoms with E-state index in [9.17, 15) is 0 Å². The summed E-state index contributed by atoms with van der Waals surface area (Å²) in [6.45, 7) is 0. The third kappa shape index (κ3) is 2.88. The highest BCUT2D eigenvalue weighted by molar-refractivity contribution is 6.13. The first-order valence-corrected chi connectivity index (χ1v) is 10.1. The van der Waals surface area contributed by atoms with Crippen molar-refractivity contribution < 1.29 is 4.42 Å². The van der Waals surface area contributed by atoms with Gasteiger partial charge in [0.1, 0.15) is 12.0 Å². The molecule has 6 rings (SSSR count). The first-order valence-electron chi connectivity index (χ1n) is 10.1. The SMILES string of the molecule is N=C1c2ccoc2NC(c2ccc3[nH]ccc3c2)N1c1ccc(-c2cccnc2)cc1. The van der Waals surface area contributed by atoms with Crippen molar-refractivity contribution in [3.8, 4) is 11.1 Å². The molecule has 4 heterocycles. The van der Waals surface area contributed by atoms with Gasteiger partial charge >= 0.3 is 0 Å². The van der Waals surface area contributed by atoms with Gasteiger partial charge in [0.05, 0.1) is 11.8 Å². The van der Waals surface area contributed by atoms with Gasteiger partial charge < -0.3 is 19.6 Å². The maximum absolute atomic E-state index is 8.92. The number of fused-ring (bicyclic) bond motifs is 2. The molecule has 0 saturated carbocycles. The Bertz CT molecular complexity index is 1380. The van der Waals surface area contributed by atoms with Crippen molar-refractivity contribution >= 4 is 28.3 Å². The molecule has 1 aliphatic heterocycles. The number of H-pyrrole nitrogens is 1.